The number of hydrogen-bond donors (Lipinski definition) is 0. The van der Waals surface area contributed by atoms with E-state index in [0.29, 0.717) is 6.54 Å². The second kappa shape index (κ2) is 2.35. The predicted molar refractivity (Wildman–Crippen MR) is 35.0 cm³/mol. The van der Waals surface area contributed by atoms with Gasteiger partial charge in [0.05, 0.1) is 12.3 Å². The summed E-state index contributed by atoms with van der Waals surface area (Å²) in [5.74, 6) is 0. The summed E-state index contributed by atoms with van der Waals surface area (Å²) >= 11 is 0. The maximum absolute atomic E-state index is 3.95. The van der Waals surface area contributed by atoms with Gasteiger partial charge in [-0.2, -0.15) is 10.2 Å². The van der Waals surface area contributed by atoms with Gasteiger partial charge in [-0.1, -0.05) is 0 Å². The zero-order valence-electron chi connectivity index (χ0n) is 4.70. The minimum Gasteiger partial charge on any atom is -0.285 e. The average Bonchev–Trinajstić information content (AvgIpc) is 1.94. The summed E-state index contributed by atoms with van der Waals surface area (Å²) < 4.78 is 0. The normalized spacial score (nSPS) is 17.9. The Bertz CT molecular complexity index is 155. The number of aliphatic imine (C=N–C) groups is 1. The van der Waals surface area contributed by atoms with Gasteiger partial charge in [0.15, 0.2) is 0 Å². The lowest BCUT2D eigenvalue weighted by atomic mass is 10.5. The van der Waals surface area contributed by atoms with Crippen LogP contribution < -0.4 is 0 Å². The van der Waals surface area contributed by atoms with Crippen molar-refractivity contribution in [2.24, 2.45) is 15.2 Å². The van der Waals surface area contributed by atoms with Crippen molar-refractivity contribution in [3.63, 3.8) is 0 Å². The fourth-order valence-electron chi connectivity index (χ4n) is 0.426. The fourth-order valence-corrected chi connectivity index (χ4v) is 0.426. The molecule has 3 nitrogen and oxygen atoms in total. The van der Waals surface area contributed by atoms with Crippen LogP contribution in [0.3, 0.4) is 0 Å². The SMILES string of the molecule is CC1=NN=CCN=C1. The Morgan fingerprint density at radius 1 is 1.62 bits per heavy atom. The van der Waals surface area contributed by atoms with Crippen molar-refractivity contribution in [3.05, 3.63) is 0 Å². The van der Waals surface area contributed by atoms with E-state index < -0.39 is 0 Å². The molecule has 0 aromatic rings. The molecular formula is C5H7N3. The fraction of sp³-hybridized carbons (Fsp3) is 0.400. The molecule has 8 heavy (non-hydrogen) atoms. The molecule has 0 bridgehead atoms. The molecule has 0 saturated carbocycles. The first-order chi connectivity index (χ1) is 3.89. The monoisotopic (exact) mass is 109 g/mol. The highest BCUT2D eigenvalue weighted by Crippen LogP contribution is 1.80. The maximum Gasteiger partial charge on any atom is 0.0777 e. The smallest absolute Gasteiger partial charge is 0.0777 e. The molecule has 0 fully saturated rings. The van der Waals surface area contributed by atoms with Crippen LogP contribution in [-0.4, -0.2) is 24.7 Å². The lowest BCUT2D eigenvalue weighted by Gasteiger charge is -1.77. The van der Waals surface area contributed by atoms with E-state index in [1.54, 1.807) is 12.4 Å². The summed E-state index contributed by atoms with van der Waals surface area (Å²) in [5.41, 5.74) is 0.860. The third-order valence-electron chi connectivity index (χ3n) is 0.762. The zero-order valence-corrected chi connectivity index (χ0v) is 4.70. The molecule has 1 rings (SSSR count). The van der Waals surface area contributed by atoms with Gasteiger partial charge in [-0.15, -0.1) is 0 Å². The average molecular weight is 109 g/mol. The van der Waals surface area contributed by atoms with E-state index in [1.165, 1.54) is 0 Å². The van der Waals surface area contributed by atoms with Gasteiger partial charge < -0.3 is 0 Å². The Balaban J connectivity index is 2.73. The van der Waals surface area contributed by atoms with Gasteiger partial charge in [0.2, 0.25) is 0 Å². The van der Waals surface area contributed by atoms with Gasteiger partial charge in [-0.25, -0.2) is 0 Å². The molecule has 42 valence electrons. The number of nitrogens with zero attached hydrogens (tertiary/aromatic N) is 3. The molecule has 0 radical (unpaired) electrons. The summed E-state index contributed by atoms with van der Waals surface area (Å²) in [5, 5.41) is 7.45. The Labute approximate surface area is 47.8 Å². The molecule has 1 heterocycles. The van der Waals surface area contributed by atoms with Gasteiger partial charge in [0, 0.05) is 12.4 Å². The van der Waals surface area contributed by atoms with Crippen molar-refractivity contribution >= 4 is 18.1 Å². The second-order valence-corrected chi connectivity index (χ2v) is 1.53. The molecule has 0 spiro atoms. The van der Waals surface area contributed by atoms with Gasteiger partial charge in [-0.05, 0) is 6.92 Å². The van der Waals surface area contributed by atoms with Crippen LogP contribution in [-0.2, 0) is 0 Å². The van der Waals surface area contributed by atoms with Crippen molar-refractivity contribution in [3.8, 4) is 0 Å². The summed E-state index contributed by atoms with van der Waals surface area (Å²) in [7, 11) is 0. The number of hydrogen-bond acceptors (Lipinski definition) is 3. The van der Waals surface area contributed by atoms with Crippen molar-refractivity contribution in [2.75, 3.05) is 6.54 Å². The molecule has 3 heteroatoms. The topological polar surface area (TPSA) is 37.1 Å². The molecule has 0 aromatic heterocycles. The van der Waals surface area contributed by atoms with Gasteiger partial charge >= 0.3 is 0 Å². The van der Waals surface area contributed by atoms with Crippen molar-refractivity contribution in [2.45, 2.75) is 6.92 Å². The Kier molecular flexibility index (Phi) is 1.51. The summed E-state index contributed by atoms with van der Waals surface area (Å²) in [6, 6.07) is 0. The molecule has 0 aromatic carbocycles. The van der Waals surface area contributed by atoms with Gasteiger partial charge in [0.25, 0.3) is 0 Å². The largest absolute Gasteiger partial charge is 0.285 e. The zero-order chi connectivity index (χ0) is 5.82. The van der Waals surface area contributed by atoms with E-state index in [0.717, 1.165) is 5.71 Å². The van der Waals surface area contributed by atoms with E-state index in [2.05, 4.69) is 15.2 Å². The van der Waals surface area contributed by atoms with Crippen LogP contribution in [0.25, 0.3) is 0 Å². The second-order valence-electron chi connectivity index (χ2n) is 1.53. The van der Waals surface area contributed by atoms with Crippen molar-refractivity contribution in [1.29, 1.82) is 0 Å². The van der Waals surface area contributed by atoms with Crippen LogP contribution >= 0.6 is 0 Å². The molecular weight excluding hydrogens is 102 g/mol. The van der Waals surface area contributed by atoms with E-state index in [4.69, 9.17) is 0 Å². The summed E-state index contributed by atoms with van der Waals surface area (Å²) in [6.45, 7) is 2.52. The van der Waals surface area contributed by atoms with Crippen molar-refractivity contribution < 1.29 is 0 Å². The van der Waals surface area contributed by atoms with E-state index in [-0.39, 0.29) is 0 Å². The molecule has 0 aliphatic carbocycles. The van der Waals surface area contributed by atoms with Crippen LogP contribution in [0.2, 0.25) is 0 Å². The summed E-state index contributed by atoms with van der Waals surface area (Å²) in [4.78, 5) is 3.95. The van der Waals surface area contributed by atoms with E-state index in [9.17, 15) is 0 Å². The predicted octanol–water partition coefficient (Wildman–Crippen LogP) is 0.518. The highest BCUT2D eigenvalue weighted by molar-refractivity contribution is 6.29. The minimum atomic E-state index is 0.654. The molecule has 0 saturated heterocycles. The third-order valence-corrected chi connectivity index (χ3v) is 0.762. The Hall–Kier alpha value is -0.990. The Morgan fingerprint density at radius 2 is 2.50 bits per heavy atom. The molecule has 0 N–H and O–H groups in total. The standard InChI is InChI=1S/C5H7N3/c1-5-4-6-2-3-7-8-5/h3-4H,2H2,1H3. The molecule has 1 aliphatic rings. The maximum atomic E-state index is 3.95. The molecule has 0 amide bonds. The molecule has 0 atom stereocenters. The first-order valence-electron chi connectivity index (χ1n) is 2.45. The molecule has 1 aliphatic heterocycles. The lowest BCUT2D eigenvalue weighted by Crippen LogP contribution is -1.89. The third kappa shape index (κ3) is 1.26. The van der Waals surface area contributed by atoms with Crippen LogP contribution in [0.1, 0.15) is 6.92 Å². The highest BCUT2D eigenvalue weighted by atomic mass is 15.2. The number of rotatable bonds is 0. The Morgan fingerprint density at radius 3 is 3.38 bits per heavy atom. The van der Waals surface area contributed by atoms with E-state index in [1.807, 2.05) is 6.92 Å². The van der Waals surface area contributed by atoms with E-state index >= 15 is 0 Å². The van der Waals surface area contributed by atoms with Crippen LogP contribution in [0.4, 0.5) is 0 Å². The van der Waals surface area contributed by atoms with Crippen LogP contribution in [0, 0.1) is 0 Å². The minimum absolute atomic E-state index is 0.654. The van der Waals surface area contributed by atoms with Gasteiger partial charge in [0.1, 0.15) is 0 Å². The van der Waals surface area contributed by atoms with Gasteiger partial charge in [-0.3, -0.25) is 4.99 Å². The van der Waals surface area contributed by atoms with Crippen LogP contribution in [0.15, 0.2) is 15.2 Å². The quantitative estimate of drug-likeness (QED) is 0.435. The van der Waals surface area contributed by atoms with Crippen molar-refractivity contribution in [1.82, 2.24) is 0 Å². The highest BCUT2D eigenvalue weighted by Gasteiger charge is 1.84. The molecule has 0 unspecified atom stereocenters. The first kappa shape index (κ1) is 5.15. The first-order valence-corrected chi connectivity index (χ1v) is 2.45. The summed E-state index contributed by atoms with van der Waals surface area (Å²) in [6.07, 6.45) is 3.39. The van der Waals surface area contributed by atoms with Crippen LogP contribution in [0.5, 0.6) is 0 Å². The lowest BCUT2D eigenvalue weighted by molar-refractivity contribution is 1.24.